The Balaban J connectivity index is 1.99. The molecule has 5 heteroatoms. The Morgan fingerprint density at radius 1 is 1.47 bits per heavy atom. The molecule has 1 aromatic carbocycles. The fourth-order valence-electron chi connectivity index (χ4n) is 2.13. The van der Waals surface area contributed by atoms with E-state index < -0.39 is 12.0 Å². The summed E-state index contributed by atoms with van der Waals surface area (Å²) >= 11 is 0. The van der Waals surface area contributed by atoms with Crippen LogP contribution in [-0.2, 0) is 4.79 Å². The maximum absolute atomic E-state index is 11.0. The number of benzene rings is 1. The number of rotatable bonds is 5. The van der Waals surface area contributed by atoms with E-state index in [1.54, 1.807) is 6.92 Å². The molecule has 19 heavy (non-hydrogen) atoms. The first-order chi connectivity index (χ1) is 9.11. The molecule has 0 fully saturated rings. The molecule has 104 valence electrons. The second kappa shape index (κ2) is 5.93. The van der Waals surface area contributed by atoms with Gasteiger partial charge in [-0.1, -0.05) is 19.1 Å². The second-order valence-corrected chi connectivity index (χ2v) is 4.60. The van der Waals surface area contributed by atoms with Gasteiger partial charge in [-0.05, 0) is 25.6 Å². The first-order valence-corrected chi connectivity index (χ1v) is 6.47. The van der Waals surface area contributed by atoms with Gasteiger partial charge in [-0.25, -0.2) is 0 Å². The molecular weight excluding hydrogens is 246 g/mol. The van der Waals surface area contributed by atoms with Crippen molar-refractivity contribution in [2.24, 2.45) is 0 Å². The summed E-state index contributed by atoms with van der Waals surface area (Å²) in [4.78, 5) is 12.9. The monoisotopic (exact) mass is 265 g/mol. The summed E-state index contributed by atoms with van der Waals surface area (Å²) < 4.78 is 11.5. The van der Waals surface area contributed by atoms with E-state index in [1.807, 2.05) is 36.1 Å². The number of nitrogens with zero attached hydrogens (tertiary/aromatic N) is 1. The maximum atomic E-state index is 11.0. The Kier molecular flexibility index (Phi) is 4.27. The minimum absolute atomic E-state index is 0.142. The van der Waals surface area contributed by atoms with Crippen LogP contribution in [-0.4, -0.2) is 47.8 Å². The Morgan fingerprint density at radius 2 is 2.16 bits per heavy atom. The topological polar surface area (TPSA) is 59.0 Å². The highest BCUT2D eigenvalue weighted by Crippen LogP contribution is 2.31. The van der Waals surface area contributed by atoms with Gasteiger partial charge >= 0.3 is 5.97 Å². The average Bonchev–Trinajstić information content (AvgIpc) is 2.43. The average molecular weight is 265 g/mol. The molecule has 0 bridgehead atoms. The highest BCUT2D eigenvalue weighted by molar-refractivity contribution is 5.72. The van der Waals surface area contributed by atoms with Crippen molar-refractivity contribution in [2.45, 2.75) is 26.0 Å². The lowest BCUT2D eigenvalue weighted by molar-refractivity contribution is -0.143. The summed E-state index contributed by atoms with van der Waals surface area (Å²) in [5.41, 5.74) is 0. The van der Waals surface area contributed by atoms with E-state index in [0.717, 1.165) is 11.5 Å². The minimum Gasteiger partial charge on any atom is -0.486 e. The van der Waals surface area contributed by atoms with E-state index in [-0.39, 0.29) is 6.10 Å². The molecule has 0 aromatic heterocycles. The zero-order valence-corrected chi connectivity index (χ0v) is 11.2. The van der Waals surface area contributed by atoms with Crippen LogP contribution >= 0.6 is 0 Å². The molecule has 1 heterocycles. The van der Waals surface area contributed by atoms with Crippen molar-refractivity contribution >= 4 is 5.97 Å². The number of carbonyl (C=O) groups is 1. The molecule has 5 nitrogen and oxygen atoms in total. The lowest BCUT2D eigenvalue weighted by Crippen LogP contribution is -2.47. The van der Waals surface area contributed by atoms with Crippen LogP contribution in [0.15, 0.2) is 24.3 Å². The van der Waals surface area contributed by atoms with Crippen LogP contribution in [0, 0.1) is 0 Å². The zero-order valence-electron chi connectivity index (χ0n) is 11.2. The third kappa shape index (κ3) is 3.17. The molecule has 0 saturated heterocycles. The summed E-state index contributed by atoms with van der Waals surface area (Å²) in [6.07, 6.45) is -0.142. The molecule has 1 aromatic rings. The molecule has 1 N–H and O–H groups in total. The van der Waals surface area contributed by atoms with Crippen LogP contribution in [0.5, 0.6) is 11.5 Å². The third-order valence-electron chi connectivity index (χ3n) is 3.32. The van der Waals surface area contributed by atoms with Crippen molar-refractivity contribution in [1.82, 2.24) is 4.90 Å². The molecule has 1 aliphatic heterocycles. The molecule has 0 radical (unpaired) electrons. The lowest BCUT2D eigenvalue weighted by Gasteiger charge is -2.32. The van der Waals surface area contributed by atoms with Crippen LogP contribution < -0.4 is 9.47 Å². The number of aliphatic carboxylic acids is 1. The molecule has 2 atom stereocenters. The van der Waals surface area contributed by atoms with Gasteiger partial charge in [0.05, 0.1) is 0 Å². The van der Waals surface area contributed by atoms with Gasteiger partial charge in [0, 0.05) is 6.54 Å². The molecule has 0 aliphatic carbocycles. The Bertz CT molecular complexity index is 449. The molecule has 0 amide bonds. The number of likely N-dealkylation sites (N-methyl/N-ethyl adjacent to an activating group) is 1. The largest absolute Gasteiger partial charge is 0.486 e. The van der Waals surface area contributed by atoms with Gasteiger partial charge in [-0.15, -0.1) is 0 Å². The number of carboxylic acids is 1. The molecule has 0 saturated carbocycles. The van der Waals surface area contributed by atoms with Crippen LogP contribution in [0.4, 0.5) is 0 Å². The fraction of sp³-hybridized carbons (Fsp3) is 0.500. The Labute approximate surface area is 112 Å². The third-order valence-corrected chi connectivity index (χ3v) is 3.32. The van der Waals surface area contributed by atoms with Gasteiger partial charge < -0.3 is 14.6 Å². The standard InChI is InChI=1S/C14H19NO4/c1-3-15(10(2)14(16)17)8-11-9-18-12-6-4-5-7-13(12)19-11/h4-7,10-11H,3,8-9H2,1-2H3,(H,16,17)/t10-,11-/m1/s1. The highest BCUT2D eigenvalue weighted by Gasteiger charge is 2.26. The number of carboxylic acid groups (broad SMARTS) is 1. The van der Waals surface area contributed by atoms with Gasteiger partial charge in [-0.3, -0.25) is 9.69 Å². The van der Waals surface area contributed by atoms with Gasteiger partial charge in [0.2, 0.25) is 0 Å². The van der Waals surface area contributed by atoms with Crippen molar-refractivity contribution in [3.05, 3.63) is 24.3 Å². The molecule has 0 unspecified atom stereocenters. The summed E-state index contributed by atoms with van der Waals surface area (Å²) in [5, 5.41) is 9.06. The number of hydrogen-bond donors (Lipinski definition) is 1. The Hall–Kier alpha value is -1.75. The second-order valence-electron chi connectivity index (χ2n) is 4.60. The number of ether oxygens (including phenoxy) is 2. The van der Waals surface area contributed by atoms with Gasteiger partial charge in [0.25, 0.3) is 0 Å². The number of para-hydroxylation sites is 2. The normalized spacial score (nSPS) is 19.2. The molecular formula is C14H19NO4. The van der Waals surface area contributed by atoms with E-state index in [1.165, 1.54) is 0 Å². The SMILES string of the molecule is CCN(C[C@@H]1COc2ccccc2O1)[C@H](C)C(=O)O. The first-order valence-electron chi connectivity index (χ1n) is 6.47. The van der Waals surface area contributed by atoms with Crippen LogP contribution in [0.1, 0.15) is 13.8 Å². The first kappa shape index (κ1) is 13.7. The van der Waals surface area contributed by atoms with Crippen molar-refractivity contribution in [3.63, 3.8) is 0 Å². The summed E-state index contributed by atoms with van der Waals surface area (Å²) in [6.45, 7) is 5.27. The molecule has 1 aliphatic rings. The van der Waals surface area contributed by atoms with Crippen molar-refractivity contribution in [1.29, 1.82) is 0 Å². The predicted molar refractivity (Wildman–Crippen MR) is 70.7 cm³/mol. The van der Waals surface area contributed by atoms with E-state index in [0.29, 0.717) is 19.7 Å². The number of hydrogen-bond acceptors (Lipinski definition) is 4. The maximum Gasteiger partial charge on any atom is 0.320 e. The fourth-order valence-corrected chi connectivity index (χ4v) is 2.13. The molecule has 2 rings (SSSR count). The Morgan fingerprint density at radius 3 is 2.79 bits per heavy atom. The van der Waals surface area contributed by atoms with Gasteiger partial charge in [0.15, 0.2) is 11.5 Å². The predicted octanol–water partition coefficient (Wildman–Crippen LogP) is 1.62. The van der Waals surface area contributed by atoms with Crippen LogP contribution in [0.3, 0.4) is 0 Å². The van der Waals surface area contributed by atoms with Crippen LogP contribution in [0.25, 0.3) is 0 Å². The summed E-state index contributed by atoms with van der Waals surface area (Å²) in [5.74, 6) is 0.643. The van der Waals surface area contributed by atoms with E-state index >= 15 is 0 Å². The van der Waals surface area contributed by atoms with E-state index in [2.05, 4.69) is 0 Å². The zero-order chi connectivity index (χ0) is 13.8. The van der Waals surface area contributed by atoms with Gasteiger partial charge in [0.1, 0.15) is 18.8 Å². The summed E-state index contributed by atoms with van der Waals surface area (Å²) in [6, 6.07) is 6.99. The van der Waals surface area contributed by atoms with Crippen molar-refractivity contribution in [3.8, 4) is 11.5 Å². The minimum atomic E-state index is -0.820. The summed E-state index contributed by atoms with van der Waals surface area (Å²) in [7, 11) is 0. The van der Waals surface area contributed by atoms with Crippen LogP contribution in [0.2, 0.25) is 0 Å². The number of fused-ring (bicyclic) bond motifs is 1. The highest BCUT2D eigenvalue weighted by atomic mass is 16.6. The molecule has 0 spiro atoms. The van der Waals surface area contributed by atoms with E-state index in [4.69, 9.17) is 14.6 Å². The van der Waals surface area contributed by atoms with Gasteiger partial charge in [-0.2, -0.15) is 0 Å². The van der Waals surface area contributed by atoms with E-state index in [9.17, 15) is 4.79 Å². The van der Waals surface area contributed by atoms with Crippen molar-refractivity contribution in [2.75, 3.05) is 19.7 Å². The smallest absolute Gasteiger partial charge is 0.320 e. The lowest BCUT2D eigenvalue weighted by atomic mass is 10.2. The van der Waals surface area contributed by atoms with Crippen molar-refractivity contribution < 1.29 is 19.4 Å². The quantitative estimate of drug-likeness (QED) is 0.876.